The van der Waals surface area contributed by atoms with Gasteiger partial charge in [0.05, 0.1) is 11.6 Å². The summed E-state index contributed by atoms with van der Waals surface area (Å²) in [7, 11) is 1.70. The molecule has 0 amide bonds. The van der Waals surface area contributed by atoms with Crippen LogP contribution in [0, 0.1) is 0 Å². The van der Waals surface area contributed by atoms with Gasteiger partial charge < -0.3 is 14.8 Å². The third-order valence-electron chi connectivity index (χ3n) is 2.86. The van der Waals surface area contributed by atoms with E-state index in [4.69, 9.17) is 21.1 Å². The normalized spacial score (nSPS) is 10.6. The maximum absolute atomic E-state index is 6.13. The molecular formula is C16H17BrClNO2. The van der Waals surface area contributed by atoms with E-state index in [-0.39, 0.29) is 0 Å². The molecule has 2 aromatic carbocycles. The molecule has 0 atom stereocenters. The van der Waals surface area contributed by atoms with Crippen molar-refractivity contribution in [3.05, 3.63) is 57.5 Å². The van der Waals surface area contributed by atoms with Crippen molar-refractivity contribution in [2.45, 2.75) is 6.54 Å². The Labute approximate surface area is 138 Å². The van der Waals surface area contributed by atoms with Gasteiger partial charge in [-0.2, -0.15) is 0 Å². The molecule has 0 unspecified atom stereocenters. The number of hydrogen-bond acceptors (Lipinski definition) is 3. The van der Waals surface area contributed by atoms with E-state index in [0.29, 0.717) is 17.4 Å². The van der Waals surface area contributed by atoms with Crippen LogP contribution in [-0.2, 0) is 11.3 Å². The van der Waals surface area contributed by atoms with E-state index in [2.05, 4.69) is 21.2 Å². The fourth-order valence-electron chi connectivity index (χ4n) is 1.77. The number of rotatable bonds is 7. The van der Waals surface area contributed by atoms with Crippen LogP contribution < -0.4 is 10.1 Å². The van der Waals surface area contributed by atoms with Crippen LogP contribution in [0.4, 0.5) is 0 Å². The van der Waals surface area contributed by atoms with Crippen LogP contribution in [0.25, 0.3) is 0 Å². The summed E-state index contributed by atoms with van der Waals surface area (Å²) in [6.07, 6.45) is 0. The van der Waals surface area contributed by atoms with E-state index in [1.54, 1.807) is 7.11 Å². The molecule has 0 fully saturated rings. The van der Waals surface area contributed by atoms with Gasteiger partial charge in [-0.15, -0.1) is 0 Å². The average Bonchev–Trinajstić information content (AvgIpc) is 2.48. The van der Waals surface area contributed by atoms with Crippen molar-refractivity contribution >= 4 is 27.5 Å². The number of halogens is 2. The molecule has 1 N–H and O–H groups in total. The van der Waals surface area contributed by atoms with E-state index in [1.807, 2.05) is 42.5 Å². The van der Waals surface area contributed by atoms with Crippen LogP contribution >= 0.6 is 27.5 Å². The molecule has 0 heterocycles. The van der Waals surface area contributed by atoms with Crippen molar-refractivity contribution in [1.82, 2.24) is 5.32 Å². The van der Waals surface area contributed by atoms with Crippen molar-refractivity contribution in [2.75, 3.05) is 20.3 Å². The summed E-state index contributed by atoms with van der Waals surface area (Å²) < 4.78 is 11.7. The predicted molar refractivity (Wildman–Crippen MR) is 89.3 cm³/mol. The highest BCUT2D eigenvalue weighted by Crippen LogP contribution is 2.31. The van der Waals surface area contributed by atoms with E-state index >= 15 is 0 Å². The molecule has 2 rings (SSSR count). The van der Waals surface area contributed by atoms with Crippen molar-refractivity contribution in [3.8, 4) is 11.5 Å². The highest BCUT2D eigenvalue weighted by atomic mass is 79.9. The van der Waals surface area contributed by atoms with Crippen molar-refractivity contribution in [1.29, 1.82) is 0 Å². The maximum Gasteiger partial charge on any atom is 0.146 e. The second-order valence-corrected chi connectivity index (χ2v) is 5.81. The van der Waals surface area contributed by atoms with E-state index in [1.165, 1.54) is 5.56 Å². The van der Waals surface area contributed by atoms with Crippen LogP contribution in [-0.4, -0.2) is 20.3 Å². The smallest absolute Gasteiger partial charge is 0.146 e. The summed E-state index contributed by atoms with van der Waals surface area (Å²) in [6.45, 7) is 2.36. The largest absolute Gasteiger partial charge is 0.456 e. The molecule has 112 valence electrons. The zero-order valence-electron chi connectivity index (χ0n) is 11.7. The number of nitrogens with one attached hydrogen (secondary N) is 1. The fourth-order valence-corrected chi connectivity index (χ4v) is 2.48. The standard InChI is InChI=1S/C16H17BrClNO2/c1-20-9-8-19-11-12-2-5-14(6-3-12)21-16-7-4-13(17)10-15(16)18/h2-7,10,19H,8-9,11H2,1H3. The molecule has 0 radical (unpaired) electrons. The van der Waals surface area contributed by atoms with Gasteiger partial charge in [-0.3, -0.25) is 0 Å². The van der Waals surface area contributed by atoms with Crippen molar-refractivity contribution in [2.24, 2.45) is 0 Å². The molecule has 21 heavy (non-hydrogen) atoms. The Morgan fingerprint density at radius 1 is 1.14 bits per heavy atom. The zero-order chi connectivity index (χ0) is 15.1. The minimum absolute atomic E-state index is 0.578. The number of benzene rings is 2. The zero-order valence-corrected chi connectivity index (χ0v) is 14.1. The van der Waals surface area contributed by atoms with Gasteiger partial charge in [0.1, 0.15) is 11.5 Å². The highest BCUT2D eigenvalue weighted by Gasteiger charge is 2.04. The van der Waals surface area contributed by atoms with Gasteiger partial charge >= 0.3 is 0 Å². The first-order chi connectivity index (χ1) is 10.2. The van der Waals surface area contributed by atoms with Crippen LogP contribution in [0.2, 0.25) is 5.02 Å². The first-order valence-corrected chi connectivity index (χ1v) is 7.77. The number of ether oxygens (including phenoxy) is 2. The average molecular weight is 371 g/mol. The van der Waals surface area contributed by atoms with Gasteiger partial charge in [-0.1, -0.05) is 39.7 Å². The molecule has 0 aliphatic heterocycles. The fraction of sp³-hybridized carbons (Fsp3) is 0.250. The lowest BCUT2D eigenvalue weighted by Gasteiger charge is -2.09. The van der Waals surface area contributed by atoms with Crippen molar-refractivity contribution in [3.63, 3.8) is 0 Å². The molecule has 2 aromatic rings. The summed E-state index contributed by atoms with van der Waals surface area (Å²) in [5.74, 6) is 1.41. The Bertz CT molecular complexity index is 575. The second kappa shape index (κ2) is 8.39. The lowest BCUT2D eigenvalue weighted by atomic mass is 10.2. The Kier molecular flexibility index (Phi) is 6.51. The SMILES string of the molecule is COCCNCc1ccc(Oc2ccc(Br)cc2Cl)cc1. The first-order valence-electron chi connectivity index (χ1n) is 6.60. The monoisotopic (exact) mass is 369 g/mol. The molecule has 0 saturated carbocycles. The van der Waals surface area contributed by atoms with Gasteiger partial charge in [0.25, 0.3) is 0 Å². The van der Waals surface area contributed by atoms with Crippen LogP contribution in [0.3, 0.4) is 0 Å². The minimum Gasteiger partial charge on any atom is -0.456 e. The summed E-state index contributed by atoms with van der Waals surface area (Å²) in [4.78, 5) is 0. The molecule has 0 spiro atoms. The molecule has 0 saturated heterocycles. The van der Waals surface area contributed by atoms with E-state index in [9.17, 15) is 0 Å². The Morgan fingerprint density at radius 3 is 2.57 bits per heavy atom. The Balaban J connectivity index is 1.92. The highest BCUT2D eigenvalue weighted by molar-refractivity contribution is 9.10. The van der Waals surface area contributed by atoms with Gasteiger partial charge in [-0.05, 0) is 35.9 Å². The van der Waals surface area contributed by atoms with Gasteiger partial charge in [0.15, 0.2) is 0 Å². The topological polar surface area (TPSA) is 30.5 Å². The Hall–Kier alpha value is -1.07. The van der Waals surface area contributed by atoms with Gasteiger partial charge in [-0.25, -0.2) is 0 Å². The lowest BCUT2D eigenvalue weighted by molar-refractivity contribution is 0.199. The summed E-state index contributed by atoms with van der Waals surface area (Å²) in [6, 6.07) is 13.5. The third-order valence-corrected chi connectivity index (χ3v) is 3.65. The minimum atomic E-state index is 0.578. The molecular weight excluding hydrogens is 354 g/mol. The first kappa shape index (κ1) is 16.3. The quantitative estimate of drug-likeness (QED) is 0.721. The molecule has 5 heteroatoms. The maximum atomic E-state index is 6.13. The third kappa shape index (κ3) is 5.32. The van der Waals surface area contributed by atoms with Crippen LogP contribution in [0.1, 0.15) is 5.56 Å². The second-order valence-electron chi connectivity index (χ2n) is 4.49. The lowest BCUT2D eigenvalue weighted by Crippen LogP contribution is -2.18. The van der Waals surface area contributed by atoms with E-state index < -0.39 is 0 Å². The summed E-state index contributed by atoms with van der Waals surface area (Å²) in [5, 5.41) is 3.87. The van der Waals surface area contributed by atoms with Crippen LogP contribution in [0.5, 0.6) is 11.5 Å². The molecule has 0 bridgehead atoms. The van der Waals surface area contributed by atoms with Crippen molar-refractivity contribution < 1.29 is 9.47 Å². The van der Waals surface area contributed by atoms with E-state index in [0.717, 1.165) is 23.3 Å². The molecule has 0 aliphatic carbocycles. The molecule has 3 nitrogen and oxygen atoms in total. The Morgan fingerprint density at radius 2 is 1.90 bits per heavy atom. The van der Waals surface area contributed by atoms with Gasteiger partial charge in [0.2, 0.25) is 0 Å². The predicted octanol–water partition coefficient (Wildman–Crippen LogP) is 4.63. The molecule has 0 aliphatic rings. The molecule has 0 aromatic heterocycles. The number of hydrogen-bond donors (Lipinski definition) is 1. The summed E-state index contributed by atoms with van der Waals surface area (Å²) >= 11 is 9.50. The summed E-state index contributed by atoms with van der Waals surface area (Å²) in [5.41, 5.74) is 1.19. The number of methoxy groups -OCH3 is 1. The van der Waals surface area contributed by atoms with Crippen LogP contribution in [0.15, 0.2) is 46.9 Å². The van der Waals surface area contributed by atoms with Gasteiger partial charge in [0, 0.05) is 24.7 Å².